The normalized spacial score (nSPS) is 11.9. The van der Waals surface area contributed by atoms with Crippen LogP contribution in [0.4, 0.5) is 10.8 Å². The van der Waals surface area contributed by atoms with Crippen LogP contribution in [0.5, 0.6) is 0 Å². The number of carbonyl (C=O) groups excluding carboxylic acids is 1. The van der Waals surface area contributed by atoms with Crippen molar-refractivity contribution in [1.29, 1.82) is 0 Å². The molecule has 1 heterocycles. The Morgan fingerprint density at radius 2 is 1.66 bits per heavy atom. The highest BCUT2D eigenvalue weighted by atomic mass is 35.5. The van der Waals surface area contributed by atoms with Gasteiger partial charge in [-0.1, -0.05) is 32.4 Å². The van der Waals surface area contributed by atoms with E-state index in [-0.39, 0.29) is 16.2 Å². The van der Waals surface area contributed by atoms with Gasteiger partial charge in [-0.3, -0.25) is 14.8 Å². The third-order valence-corrected chi connectivity index (χ3v) is 6.42. The van der Waals surface area contributed by atoms with Crippen LogP contribution in [0, 0.1) is 0 Å². The number of hydrogen-bond donors (Lipinski definition) is 2. The number of benzene rings is 2. The van der Waals surface area contributed by atoms with E-state index in [1.807, 2.05) is 5.38 Å². The second-order valence-corrected chi connectivity index (χ2v) is 10.4. The van der Waals surface area contributed by atoms with Gasteiger partial charge in [0.2, 0.25) is 0 Å². The first-order valence-corrected chi connectivity index (χ1v) is 11.4. The van der Waals surface area contributed by atoms with Crippen LogP contribution < -0.4 is 10.0 Å². The summed E-state index contributed by atoms with van der Waals surface area (Å²) in [5.41, 5.74) is 1.56. The molecule has 29 heavy (non-hydrogen) atoms. The molecule has 6 nitrogen and oxygen atoms in total. The highest BCUT2D eigenvalue weighted by molar-refractivity contribution is 7.92. The van der Waals surface area contributed by atoms with Crippen molar-refractivity contribution in [2.75, 3.05) is 10.0 Å². The van der Waals surface area contributed by atoms with Gasteiger partial charge in [0.25, 0.3) is 15.9 Å². The van der Waals surface area contributed by atoms with Crippen molar-refractivity contribution in [3.63, 3.8) is 0 Å². The van der Waals surface area contributed by atoms with Gasteiger partial charge in [0.05, 0.1) is 10.6 Å². The van der Waals surface area contributed by atoms with Crippen molar-refractivity contribution in [3.05, 3.63) is 70.2 Å². The Labute approximate surface area is 179 Å². The van der Waals surface area contributed by atoms with Crippen LogP contribution >= 0.6 is 22.9 Å². The lowest BCUT2D eigenvalue weighted by Crippen LogP contribution is -2.15. The zero-order valence-corrected chi connectivity index (χ0v) is 18.5. The molecule has 1 aromatic heterocycles. The molecule has 0 fully saturated rings. The molecule has 2 N–H and O–H groups in total. The number of halogens is 1. The summed E-state index contributed by atoms with van der Waals surface area (Å²) in [6.45, 7) is 6.16. The van der Waals surface area contributed by atoms with Gasteiger partial charge in [0.1, 0.15) is 0 Å². The van der Waals surface area contributed by atoms with Gasteiger partial charge in [0, 0.05) is 27.1 Å². The molecule has 0 aliphatic heterocycles. The molecule has 3 aromatic rings. The van der Waals surface area contributed by atoms with E-state index >= 15 is 0 Å². The summed E-state index contributed by atoms with van der Waals surface area (Å²) in [6, 6.07) is 12.0. The average Bonchev–Trinajstić information content (AvgIpc) is 3.11. The molecule has 0 saturated heterocycles. The summed E-state index contributed by atoms with van der Waals surface area (Å²) in [6.07, 6.45) is 0. The quantitative estimate of drug-likeness (QED) is 0.564. The molecule has 152 valence electrons. The fourth-order valence-electron chi connectivity index (χ4n) is 2.36. The number of hydrogen-bond acceptors (Lipinski definition) is 5. The van der Waals surface area contributed by atoms with Crippen LogP contribution in [-0.4, -0.2) is 19.3 Å². The minimum atomic E-state index is -3.74. The smallest absolute Gasteiger partial charge is 0.261 e. The Kier molecular flexibility index (Phi) is 5.97. The molecule has 0 saturated carbocycles. The zero-order valence-electron chi connectivity index (χ0n) is 16.1. The molecule has 0 unspecified atom stereocenters. The fraction of sp³-hybridized carbons (Fsp3) is 0.200. The second kappa shape index (κ2) is 8.14. The number of thiazole rings is 1. The van der Waals surface area contributed by atoms with Crippen molar-refractivity contribution < 1.29 is 13.2 Å². The summed E-state index contributed by atoms with van der Waals surface area (Å²) < 4.78 is 27.3. The molecule has 1 amide bonds. The summed E-state index contributed by atoms with van der Waals surface area (Å²) in [4.78, 5) is 17.0. The molecule has 0 aliphatic carbocycles. The molecular weight excluding hydrogens is 430 g/mol. The van der Waals surface area contributed by atoms with E-state index in [0.717, 1.165) is 5.69 Å². The first-order valence-electron chi connectivity index (χ1n) is 8.70. The van der Waals surface area contributed by atoms with Gasteiger partial charge in [-0.2, -0.15) is 0 Å². The Morgan fingerprint density at radius 1 is 1.03 bits per heavy atom. The lowest BCUT2D eigenvalue weighted by atomic mass is 9.93. The van der Waals surface area contributed by atoms with Crippen LogP contribution in [0.1, 0.15) is 36.8 Å². The number of nitrogens with zero attached hydrogens (tertiary/aromatic N) is 1. The summed E-state index contributed by atoms with van der Waals surface area (Å²) in [7, 11) is -3.74. The zero-order chi connectivity index (χ0) is 21.2. The highest BCUT2D eigenvalue weighted by Gasteiger charge is 2.19. The average molecular weight is 450 g/mol. The lowest BCUT2D eigenvalue weighted by Gasteiger charge is -2.14. The third-order valence-electron chi connectivity index (χ3n) is 4.02. The van der Waals surface area contributed by atoms with Crippen molar-refractivity contribution in [2.45, 2.75) is 31.1 Å². The van der Waals surface area contributed by atoms with Crippen molar-refractivity contribution in [2.24, 2.45) is 0 Å². The predicted molar refractivity (Wildman–Crippen MR) is 117 cm³/mol. The maximum absolute atomic E-state index is 12.4. The number of carbonyl (C=O) groups is 1. The Hall–Kier alpha value is -2.42. The summed E-state index contributed by atoms with van der Waals surface area (Å²) in [5, 5.41) is 5.66. The highest BCUT2D eigenvalue weighted by Crippen LogP contribution is 2.26. The number of rotatable bonds is 5. The van der Waals surface area contributed by atoms with Gasteiger partial charge < -0.3 is 0 Å². The monoisotopic (exact) mass is 449 g/mol. The van der Waals surface area contributed by atoms with Crippen molar-refractivity contribution >= 4 is 49.7 Å². The SMILES string of the molecule is CC(C)(C)c1csc(NC(=O)c2ccc(NS(=O)(=O)c3ccc(Cl)cc3)cc2)n1. The van der Waals surface area contributed by atoms with E-state index in [1.165, 1.54) is 47.7 Å². The minimum absolute atomic E-state index is 0.0949. The second-order valence-electron chi connectivity index (χ2n) is 7.38. The third kappa shape index (κ3) is 5.35. The number of aromatic nitrogens is 1. The van der Waals surface area contributed by atoms with Crippen molar-refractivity contribution in [1.82, 2.24) is 4.98 Å². The molecule has 3 rings (SSSR count). The van der Waals surface area contributed by atoms with Crippen LogP contribution in [-0.2, 0) is 15.4 Å². The Bertz CT molecular complexity index is 1120. The van der Waals surface area contributed by atoms with Gasteiger partial charge in [-0.15, -0.1) is 11.3 Å². The van der Waals surface area contributed by atoms with Crippen LogP contribution in [0.15, 0.2) is 58.8 Å². The van der Waals surface area contributed by atoms with Crippen LogP contribution in [0.3, 0.4) is 0 Å². The maximum atomic E-state index is 12.4. The van der Waals surface area contributed by atoms with Gasteiger partial charge in [-0.05, 0) is 48.5 Å². The molecule has 0 spiro atoms. The number of nitrogens with one attached hydrogen (secondary N) is 2. The van der Waals surface area contributed by atoms with Crippen LogP contribution in [0.2, 0.25) is 5.02 Å². The van der Waals surface area contributed by atoms with E-state index in [2.05, 4.69) is 35.8 Å². The molecule has 2 aromatic carbocycles. The van der Waals surface area contributed by atoms with Gasteiger partial charge in [-0.25, -0.2) is 13.4 Å². The molecular formula is C20H20ClN3O3S2. The molecule has 0 aliphatic rings. The van der Waals surface area contributed by atoms with E-state index in [4.69, 9.17) is 11.6 Å². The van der Waals surface area contributed by atoms with Crippen LogP contribution in [0.25, 0.3) is 0 Å². The Balaban J connectivity index is 1.68. The molecule has 0 radical (unpaired) electrons. The molecule has 0 bridgehead atoms. The summed E-state index contributed by atoms with van der Waals surface area (Å²) >= 11 is 7.16. The van der Waals surface area contributed by atoms with Gasteiger partial charge in [0.15, 0.2) is 5.13 Å². The maximum Gasteiger partial charge on any atom is 0.261 e. The van der Waals surface area contributed by atoms with E-state index < -0.39 is 10.0 Å². The Morgan fingerprint density at radius 3 is 2.21 bits per heavy atom. The standard InChI is InChI=1S/C20H20ClN3O3S2/c1-20(2,3)17-12-28-19(22-17)23-18(25)13-4-8-15(9-5-13)24-29(26,27)16-10-6-14(21)7-11-16/h4-12,24H,1-3H3,(H,22,23,25). The number of anilines is 2. The fourth-order valence-corrected chi connectivity index (χ4v) is 4.48. The van der Waals surface area contributed by atoms with E-state index in [9.17, 15) is 13.2 Å². The van der Waals surface area contributed by atoms with E-state index in [1.54, 1.807) is 12.1 Å². The number of amides is 1. The van der Waals surface area contributed by atoms with E-state index in [0.29, 0.717) is 21.4 Å². The largest absolute Gasteiger partial charge is 0.298 e. The topological polar surface area (TPSA) is 88.2 Å². The molecule has 0 atom stereocenters. The number of sulfonamides is 1. The lowest BCUT2D eigenvalue weighted by molar-refractivity contribution is 0.102. The first-order chi connectivity index (χ1) is 13.5. The first kappa shape index (κ1) is 21.3. The van der Waals surface area contributed by atoms with Gasteiger partial charge >= 0.3 is 0 Å². The summed E-state index contributed by atoms with van der Waals surface area (Å²) in [5.74, 6) is -0.313. The minimum Gasteiger partial charge on any atom is -0.298 e. The predicted octanol–water partition coefficient (Wildman–Crippen LogP) is 5.15. The van der Waals surface area contributed by atoms with Crippen molar-refractivity contribution in [3.8, 4) is 0 Å². The molecule has 9 heteroatoms.